The monoisotopic (exact) mass is 424 g/mol. The Kier molecular flexibility index (Phi) is 4.88. The second kappa shape index (κ2) is 7.42. The van der Waals surface area contributed by atoms with Crippen LogP contribution in [-0.2, 0) is 9.53 Å². The van der Waals surface area contributed by atoms with Gasteiger partial charge in [-0.05, 0) is 50.2 Å². The van der Waals surface area contributed by atoms with Gasteiger partial charge in [-0.3, -0.25) is 14.2 Å². The highest BCUT2D eigenvalue weighted by atomic mass is 16.5. The zero-order valence-electron chi connectivity index (χ0n) is 17.4. The smallest absolute Gasteiger partial charge is 0.420 e. The average Bonchev–Trinajstić information content (AvgIpc) is 3.10. The van der Waals surface area contributed by atoms with Gasteiger partial charge in [-0.15, -0.1) is 0 Å². The molecule has 0 saturated heterocycles. The third kappa shape index (κ3) is 3.27. The van der Waals surface area contributed by atoms with Gasteiger partial charge in [-0.2, -0.15) is 0 Å². The molecule has 2 heterocycles. The number of ether oxygens (including phenoxy) is 2. The van der Waals surface area contributed by atoms with Crippen LogP contribution in [0.4, 0.5) is 5.69 Å². The number of amides is 1. The summed E-state index contributed by atoms with van der Waals surface area (Å²) in [5.74, 6) is -1.35. The van der Waals surface area contributed by atoms with E-state index in [1.165, 1.54) is 34.8 Å². The van der Waals surface area contributed by atoms with Crippen molar-refractivity contribution >= 4 is 34.4 Å². The van der Waals surface area contributed by atoms with Crippen molar-refractivity contribution < 1.29 is 28.3 Å². The fraction of sp³-hybridized carbons (Fsp3) is 0.273. The normalized spacial score (nSPS) is 16.6. The highest BCUT2D eigenvalue weighted by molar-refractivity contribution is 6.04. The molecule has 1 aromatic heterocycles. The molecule has 0 radical (unpaired) electrons. The van der Waals surface area contributed by atoms with Crippen LogP contribution in [0, 0.1) is 0 Å². The van der Waals surface area contributed by atoms with E-state index in [4.69, 9.17) is 9.15 Å². The fourth-order valence-corrected chi connectivity index (χ4v) is 3.67. The number of rotatable bonds is 4. The summed E-state index contributed by atoms with van der Waals surface area (Å²) in [4.78, 5) is 51.0. The molecule has 0 spiro atoms. The second-order valence-corrected chi connectivity index (χ2v) is 7.29. The number of fused-ring (bicyclic) bond motifs is 2. The summed E-state index contributed by atoms with van der Waals surface area (Å²) in [6, 6.07) is 8.33. The minimum atomic E-state index is -0.889. The first kappa shape index (κ1) is 20.4. The van der Waals surface area contributed by atoms with Crippen LogP contribution in [0.2, 0.25) is 0 Å². The molecule has 2 atom stereocenters. The first-order valence-electron chi connectivity index (χ1n) is 9.58. The van der Waals surface area contributed by atoms with Crippen LogP contribution in [0.5, 0.6) is 5.75 Å². The molecule has 0 saturated carbocycles. The molecule has 1 aliphatic heterocycles. The summed E-state index contributed by atoms with van der Waals surface area (Å²) in [5, 5.41) is 0. The van der Waals surface area contributed by atoms with Crippen molar-refractivity contribution in [2.24, 2.45) is 0 Å². The molecule has 31 heavy (non-hydrogen) atoms. The minimum Gasteiger partial charge on any atom is -0.479 e. The van der Waals surface area contributed by atoms with Gasteiger partial charge in [-0.1, -0.05) is 0 Å². The summed E-state index contributed by atoms with van der Waals surface area (Å²) >= 11 is 0. The zero-order chi connectivity index (χ0) is 22.4. The third-order valence-electron chi connectivity index (χ3n) is 5.39. The van der Waals surface area contributed by atoms with E-state index >= 15 is 0 Å². The Bertz CT molecular complexity index is 1290. The second-order valence-electron chi connectivity index (χ2n) is 7.29. The van der Waals surface area contributed by atoms with Gasteiger partial charge in [-0.25, -0.2) is 9.59 Å². The lowest BCUT2D eigenvalue weighted by atomic mass is 10.0. The number of esters is 1. The van der Waals surface area contributed by atoms with Crippen molar-refractivity contribution in [1.29, 1.82) is 0 Å². The predicted octanol–water partition coefficient (Wildman–Crippen LogP) is 2.57. The first-order valence-corrected chi connectivity index (χ1v) is 9.58. The number of aromatic nitrogens is 1. The average molecular weight is 424 g/mol. The van der Waals surface area contributed by atoms with Crippen molar-refractivity contribution in [3.8, 4) is 5.75 Å². The Labute approximate surface area is 176 Å². The van der Waals surface area contributed by atoms with E-state index in [9.17, 15) is 19.2 Å². The lowest BCUT2D eigenvalue weighted by Gasteiger charge is -2.30. The van der Waals surface area contributed by atoms with E-state index in [0.29, 0.717) is 22.5 Å². The maximum atomic E-state index is 13.2. The maximum Gasteiger partial charge on any atom is 0.420 e. The van der Waals surface area contributed by atoms with Crippen LogP contribution in [-0.4, -0.2) is 42.5 Å². The number of likely N-dealkylation sites (N-methyl/N-ethyl adjacent to an activating group) is 1. The molecule has 1 aliphatic rings. The van der Waals surface area contributed by atoms with Crippen LogP contribution in [0.1, 0.15) is 40.6 Å². The number of ketones is 1. The van der Waals surface area contributed by atoms with Crippen LogP contribution in [0.15, 0.2) is 45.6 Å². The van der Waals surface area contributed by atoms with E-state index < -0.39 is 23.9 Å². The van der Waals surface area contributed by atoms with Gasteiger partial charge in [0.05, 0.1) is 23.9 Å². The number of nitrogens with zero attached hydrogens (tertiary/aromatic N) is 2. The van der Waals surface area contributed by atoms with Crippen LogP contribution >= 0.6 is 0 Å². The lowest BCUT2D eigenvalue weighted by Crippen LogP contribution is -2.42. The van der Waals surface area contributed by atoms with Crippen LogP contribution < -0.4 is 15.4 Å². The largest absolute Gasteiger partial charge is 0.479 e. The number of anilines is 1. The summed E-state index contributed by atoms with van der Waals surface area (Å²) in [6.45, 7) is 3.24. The molecule has 2 unspecified atom stereocenters. The Morgan fingerprint density at radius 1 is 1.10 bits per heavy atom. The molecule has 2 aromatic carbocycles. The first-order chi connectivity index (χ1) is 14.7. The molecule has 0 fully saturated rings. The highest BCUT2D eigenvalue weighted by Crippen LogP contribution is 2.35. The van der Waals surface area contributed by atoms with Gasteiger partial charge in [0, 0.05) is 12.6 Å². The van der Waals surface area contributed by atoms with Crippen molar-refractivity contribution in [1.82, 2.24) is 4.57 Å². The highest BCUT2D eigenvalue weighted by Gasteiger charge is 2.30. The third-order valence-corrected chi connectivity index (χ3v) is 5.39. The number of oxazole rings is 1. The molecule has 9 nitrogen and oxygen atoms in total. The SMILES string of the molecule is COC(=O)c1ccc2c(c1)oc(=O)n2C(C)C(=O)c1ccc2c(c1)N(C)C(=O)C(C)O2. The van der Waals surface area contributed by atoms with E-state index in [2.05, 4.69) is 4.74 Å². The summed E-state index contributed by atoms with van der Waals surface area (Å²) in [7, 11) is 2.87. The minimum absolute atomic E-state index is 0.172. The number of methoxy groups -OCH3 is 1. The van der Waals surface area contributed by atoms with Gasteiger partial charge in [0.2, 0.25) is 0 Å². The molecule has 0 bridgehead atoms. The number of hydrogen-bond donors (Lipinski definition) is 0. The predicted molar refractivity (Wildman–Crippen MR) is 111 cm³/mol. The van der Waals surface area contributed by atoms with Gasteiger partial charge in [0.1, 0.15) is 11.8 Å². The van der Waals surface area contributed by atoms with Gasteiger partial charge < -0.3 is 18.8 Å². The standard InChI is InChI=1S/C22H20N2O7/c1-11(24-15-7-5-14(21(27)29-4)10-18(15)31-22(24)28)19(25)13-6-8-17-16(9-13)23(3)20(26)12(2)30-17/h5-12H,1-4H3. The Hall–Kier alpha value is -3.88. The van der Waals surface area contributed by atoms with Gasteiger partial charge in [0.25, 0.3) is 5.91 Å². The van der Waals surface area contributed by atoms with E-state index in [1.807, 2.05) is 0 Å². The molecule has 0 aliphatic carbocycles. The van der Waals surface area contributed by atoms with Crippen molar-refractivity contribution in [2.75, 3.05) is 19.1 Å². The Balaban J connectivity index is 1.71. The topological polar surface area (TPSA) is 108 Å². The molecule has 0 N–H and O–H groups in total. The van der Waals surface area contributed by atoms with E-state index in [0.717, 1.165) is 0 Å². The van der Waals surface area contributed by atoms with Crippen molar-refractivity contribution in [3.63, 3.8) is 0 Å². The number of hydrogen-bond acceptors (Lipinski definition) is 7. The molecule has 9 heteroatoms. The van der Waals surface area contributed by atoms with Crippen molar-refractivity contribution in [3.05, 3.63) is 58.1 Å². The Morgan fingerprint density at radius 3 is 2.52 bits per heavy atom. The summed E-state index contributed by atoms with van der Waals surface area (Å²) in [5.41, 5.74) is 1.57. The number of benzene rings is 2. The van der Waals surface area contributed by atoms with Crippen LogP contribution in [0.3, 0.4) is 0 Å². The number of carbonyl (C=O) groups is 3. The molecular formula is C22H20N2O7. The van der Waals surface area contributed by atoms with Crippen molar-refractivity contribution in [2.45, 2.75) is 26.0 Å². The molecule has 160 valence electrons. The van der Waals surface area contributed by atoms with Gasteiger partial charge in [0.15, 0.2) is 17.5 Å². The maximum absolute atomic E-state index is 13.2. The summed E-state index contributed by atoms with van der Waals surface area (Å²) < 4.78 is 16.7. The Morgan fingerprint density at radius 2 is 1.81 bits per heavy atom. The van der Waals surface area contributed by atoms with E-state index in [-0.39, 0.29) is 22.8 Å². The van der Waals surface area contributed by atoms with Crippen LogP contribution in [0.25, 0.3) is 11.1 Å². The quantitative estimate of drug-likeness (QED) is 0.468. The molecule has 3 aromatic rings. The fourth-order valence-electron chi connectivity index (χ4n) is 3.67. The number of Topliss-reactive ketones (excluding diaryl/α,β-unsaturated/α-hetero) is 1. The van der Waals surface area contributed by atoms with Gasteiger partial charge >= 0.3 is 11.7 Å². The number of carbonyl (C=O) groups excluding carboxylic acids is 3. The summed E-state index contributed by atoms with van der Waals surface area (Å²) in [6.07, 6.45) is -0.608. The molecule has 1 amide bonds. The zero-order valence-corrected chi connectivity index (χ0v) is 17.4. The lowest BCUT2D eigenvalue weighted by molar-refractivity contribution is -0.125. The molecule has 4 rings (SSSR count). The van der Waals surface area contributed by atoms with E-state index in [1.54, 1.807) is 39.1 Å². The molecular weight excluding hydrogens is 404 g/mol.